The van der Waals surface area contributed by atoms with Gasteiger partial charge >= 0.3 is 0 Å². The number of aromatic amines is 2. The number of nitrogens with two attached hydrogens (primary N) is 1. The first-order chi connectivity index (χ1) is 20.1. The summed E-state index contributed by atoms with van der Waals surface area (Å²) in [5.74, 6) is 0.330. The van der Waals surface area contributed by atoms with E-state index in [0.29, 0.717) is 12.3 Å². The Bertz CT molecular complexity index is 1740. The van der Waals surface area contributed by atoms with Gasteiger partial charge in [0, 0.05) is 47.9 Å². The number of nitrogens with zero attached hydrogens (tertiary/aromatic N) is 4. The second-order valence-corrected chi connectivity index (χ2v) is 11.4. The van der Waals surface area contributed by atoms with E-state index in [0.717, 1.165) is 68.3 Å². The summed E-state index contributed by atoms with van der Waals surface area (Å²) in [4.78, 5) is 15.7. The smallest absolute Gasteiger partial charge is 0.135 e. The third-order valence-corrected chi connectivity index (χ3v) is 8.22. The minimum atomic E-state index is 0.330. The van der Waals surface area contributed by atoms with Gasteiger partial charge in [0.25, 0.3) is 0 Å². The molecule has 5 heterocycles. The molecule has 1 fully saturated rings. The molecular weight excluding hydrogens is 506 g/mol. The fraction of sp³-hybridized carbons (Fsp3) is 0.265. The summed E-state index contributed by atoms with van der Waals surface area (Å²) < 4.78 is 0. The largest absolute Gasteiger partial charge is 0.402 e. The van der Waals surface area contributed by atoms with Gasteiger partial charge in [-0.25, -0.2) is 4.98 Å². The maximum Gasteiger partial charge on any atom is 0.135 e. The monoisotopic (exact) mass is 541 g/mol. The molecule has 206 valence electrons. The number of nitrogens with one attached hydrogen (secondary N) is 2. The molecule has 4 aromatic heterocycles. The Hall–Kier alpha value is -4.49. The fourth-order valence-corrected chi connectivity index (χ4v) is 6.11. The number of allylic oxidation sites excluding steroid dienone is 7. The van der Waals surface area contributed by atoms with Crippen molar-refractivity contribution in [3.63, 3.8) is 0 Å². The number of hydrogen-bond donors (Lipinski definition) is 3. The maximum absolute atomic E-state index is 6.33. The standard InChI is InChI=1S/C34H35N7/c1-22-7-8-23(21-41-14-3-2-4-15-41)17-25(16-22)29-11-12-30-33(38-29)34(40-39-30)32-19-28-27(24-6-5-13-36-20-24)10-9-26(35)18-31(28)37-32/h5-13,16-17,19-20,22,37H,2-4,14-15,18,21,35H2,1H3,(H,39,40)/t22-/m0/s1. The van der Waals surface area contributed by atoms with E-state index in [2.05, 4.69) is 81.5 Å². The van der Waals surface area contributed by atoms with Gasteiger partial charge in [0.1, 0.15) is 11.2 Å². The summed E-state index contributed by atoms with van der Waals surface area (Å²) in [5, 5.41) is 7.91. The van der Waals surface area contributed by atoms with E-state index in [1.807, 2.05) is 18.3 Å². The molecule has 7 rings (SSSR count). The number of aromatic nitrogens is 5. The van der Waals surface area contributed by atoms with Gasteiger partial charge in [-0.05, 0) is 85.0 Å². The lowest BCUT2D eigenvalue weighted by molar-refractivity contribution is 0.248. The van der Waals surface area contributed by atoms with E-state index in [9.17, 15) is 0 Å². The molecule has 1 saturated heterocycles. The van der Waals surface area contributed by atoms with Gasteiger partial charge in [0.15, 0.2) is 0 Å². The van der Waals surface area contributed by atoms with Crippen LogP contribution in [0.5, 0.6) is 0 Å². The van der Waals surface area contributed by atoms with Gasteiger partial charge in [-0.1, -0.05) is 43.7 Å². The van der Waals surface area contributed by atoms with Crippen molar-refractivity contribution in [2.24, 2.45) is 11.7 Å². The Balaban J connectivity index is 1.26. The van der Waals surface area contributed by atoms with Crippen LogP contribution in [0.2, 0.25) is 0 Å². The van der Waals surface area contributed by atoms with E-state index in [1.165, 1.54) is 37.9 Å². The van der Waals surface area contributed by atoms with Gasteiger partial charge in [-0.15, -0.1) is 0 Å². The summed E-state index contributed by atoms with van der Waals surface area (Å²) in [5.41, 5.74) is 18.4. The van der Waals surface area contributed by atoms with E-state index in [1.54, 1.807) is 6.20 Å². The molecule has 2 aliphatic carbocycles. The van der Waals surface area contributed by atoms with Crippen LogP contribution < -0.4 is 5.73 Å². The molecule has 0 bridgehead atoms. The van der Waals surface area contributed by atoms with Crippen LogP contribution in [0.1, 0.15) is 48.7 Å². The first kappa shape index (κ1) is 25.5. The number of pyridine rings is 2. The highest BCUT2D eigenvalue weighted by atomic mass is 15.1. The van der Waals surface area contributed by atoms with Crippen molar-refractivity contribution in [2.75, 3.05) is 19.6 Å². The molecule has 7 nitrogen and oxygen atoms in total. The topological polar surface area (TPSA) is 99.5 Å². The summed E-state index contributed by atoms with van der Waals surface area (Å²) in [6, 6.07) is 10.4. The van der Waals surface area contributed by atoms with Crippen LogP contribution in [0, 0.1) is 5.92 Å². The van der Waals surface area contributed by atoms with Crippen molar-refractivity contribution in [2.45, 2.75) is 32.6 Å². The molecule has 0 radical (unpaired) electrons. The maximum atomic E-state index is 6.33. The molecule has 41 heavy (non-hydrogen) atoms. The van der Waals surface area contributed by atoms with Gasteiger partial charge in [-0.2, -0.15) is 5.10 Å². The normalized spacial score (nSPS) is 19.6. The third kappa shape index (κ3) is 5.21. The highest BCUT2D eigenvalue weighted by Gasteiger charge is 2.21. The lowest BCUT2D eigenvalue weighted by Crippen LogP contribution is -2.31. The van der Waals surface area contributed by atoms with Crippen LogP contribution in [-0.2, 0) is 6.42 Å². The van der Waals surface area contributed by atoms with Gasteiger partial charge in [0.2, 0.25) is 0 Å². The number of fused-ring (bicyclic) bond motifs is 2. The van der Waals surface area contributed by atoms with Gasteiger partial charge < -0.3 is 10.7 Å². The third-order valence-electron chi connectivity index (χ3n) is 8.22. The average molecular weight is 542 g/mol. The number of H-pyrrole nitrogens is 2. The zero-order valence-electron chi connectivity index (χ0n) is 23.4. The van der Waals surface area contributed by atoms with Crippen LogP contribution in [0.15, 0.2) is 90.5 Å². The quantitative estimate of drug-likeness (QED) is 0.280. The first-order valence-electron chi connectivity index (χ1n) is 14.6. The van der Waals surface area contributed by atoms with Crippen molar-refractivity contribution in [1.82, 2.24) is 30.0 Å². The van der Waals surface area contributed by atoms with Gasteiger partial charge in [-0.3, -0.25) is 15.0 Å². The Morgan fingerprint density at radius 2 is 2.00 bits per heavy atom. The van der Waals surface area contributed by atoms with Crippen molar-refractivity contribution >= 4 is 22.2 Å². The zero-order valence-corrected chi connectivity index (χ0v) is 23.4. The molecule has 0 aromatic carbocycles. The zero-order chi connectivity index (χ0) is 27.8. The molecule has 1 aliphatic heterocycles. The molecule has 4 aromatic rings. The molecule has 1 atom stereocenters. The summed E-state index contributed by atoms with van der Waals surface area (Å²) >= 11 is 0. The predicted octanol–water partition coefficient (Wildman–Crippen LogP) is 6.18. The Labute approximate surface area is 240 Å². The van der Waals surface area contributed by atoms with Gasteiger partial charge in [0.05, 0.1) is 16.9 Å². The number of piperidine rings is 1. The molecule has 7 heteroatoms. The summed E-state index contributed by atoms with van der Waals surface area (Å²) in [6.07, 6.45) is 21.5. The van der Waals surface area contributed by atoms with Crippen molar-refractivity contribution in [1.29, 1.82) is 0 Å². The summed E-state index contributed by atoms with van der Waals surface area (Å²) in [7, 11) is 0. The lowest BCUT2D eigenvalue weighted by atomic mass is 9.99. The molecule has 0 spiro atoms. The SMILES string of the molecule is C[C@H]1C=CC(CN2CCCCC2)=CC(c2ccc3[nH]nc(-c4cc5c([nH]4)CC(N)=CC=C5c4cccnc4)c3n2)=C1. The van der Waals surface area contributed by atoms with Crippen LogP contribution in [0.25, 0.3) is 33.6 Å². The molecule has 0 saturated carbocycles. The Kier molecular flexibility index (Phi) is 6.72. The van der Waals surface area contributed by atoms with Crippen molar-refractivity contribution in [3.8, 4) is 11.4 Å². The van der Waals surface area contributed by atoms with Crippen LogP contribution in [0.4, 0.5) is 0 Å². The predicted molar refractivity (Wildman–Crippen MR) is 166 cm³/mol. The second-order valence-electron chi connectivity index (χ2n) is 11.4. The van der Waals surface area contributed by atoms with E-state index >= 15 is 0 Å². The van der Waals surface area contributed by atoms with Crippen molar-refractivity contribution < 1.29 is 0 Å². The van der Waals surface area contributed by atoms with E-state index in [4.69, 9.17) is 15.8 Å². The molecule has 0 amide bonds. The van der Waals surface area contributed by atoms with Crippen LogP contribution in [0.3, 0.4) is 0 Å². The first-order valence-corrected chi connectivity index (χ1v) is 14.6. The molecule has 0 unspecified atom stereocenters. The Morgan fingerprint density at radius 3 is 2.85 bits per heavy atom. The van der Waals surface area contributed by atoms with E-state index in [-0.39, 0.29) is 0 Å². The molecule has 4 N–H and O–H groups in total. The van der Waals surface area contributed by atoms with E-state index < -0.39 is 0 Å². The number of hydrogen-bond acceptors (Lipinski definition) is 5. The number of rotatable bonds is 5. The average Bonchev–Trinajstić information content (AvgIpc) is 3.50. The minimum Gasteiger partial charge on any atom is -0.402 e. The highest BCUT2D eigenvalue weighted by molar-refractivity contribution is 5.92. The minimum absolute atomic E-state index is 0.330. The lowest BCUT2D eigenvalue weighted by Gasteiger charge is -2.26. The summed E-state index contributed by atoms with van der Waals surface area (Å²) in [6.45, 7) is 5.58. The molecule has 3 aliphatic rings. The second kappa shape index (κ2) is 10.8. The fourth-order valence-electron chi connectivity index (χ4n) is 6.11. The Morgan fingerprint density at radius 1 is 1.10 bits per heavy atom. The van der Waals surface area contributed by atoms with Crippen LogP contribution >= 0.6 is 0 Å². The number of likely N-dealkylation sites (tertiary alicyclic amines) is 1. The highest BCUT2D eigenvalue weighted by Crippen LogP contribution is 2.35. The van der Waals surface area contributed by atoms with Crippen molar-refractivity contribution in [3.05, 3.63) is 113 Å². The van der Waals surface area contributed by atoms with Crippen LogP contribution in [-0.4, -0.2) is 49.7 Å². The molecular formula is C34H35N7.